The Morgan fingerprint density at radius 2 is 1.75 bits per heavy atom. The van der Waals surface area contributed by atoms with Crippen LogP contribution in [0, 0.1) is 0 Å². The SMILES string of the molecule is COc1ccc(OC)c([C@H](C)NC(=O)COc2ccc(Br)cc2)c1. The third-order valence-electron chi connectivity index (χ3n) is 3.46. The molecule has 1 N–H and O–H groups in total. The summed E-state index contributed by atoms with van der Waals surface area (Å²) in [5, 5.41) is 2.90. The van der Waals surface area contributed by atoms with Gasteiger partial charge < -0.3 is 19.5 Å². The smallest absolute Gasteiger partial charge is 0.258 e. The molecule has 24 heavy (non-hydrogen) atoms. The van der Waals surface area contributed by atoms with Crippen molar-refractivity contribution in [2.75, 3.05) is 20.8 Å². The fourth-order valence-electron chi connectivity index (χ4n) is 2.22. The number of hydrogen-bond acceptors (Lipinski definition) is 4. The molecule has 0 radical (unpaired) electrons. The zero-order valence-electron chi connectivity index (χ0n) is 13.8. The minimum Gasteiger partial charge on any atom is -0.497 e. The van der Waals surface area contributed by atoms with Crippen LogP contribution < -0.4 is 19.5 Å². The number of benzene rings is 2. The number of halogens is 1. The van der Waals surface area contributed by atoms with Gasteiger partial charge >= 0.3 is 0 Å². The molecule has 2 aromatic rings. The van der Waals surface area contributed by atoms with Crippen LogP contribution >= 0.6 is 15.9 Å². The van der Waals surface area contributed by atoms with Crippen molar-refractivity contribution in [3.8, 4) is 17.2 Å². The number of hydrogen-bond donors (Lipinski definition) is 1. The highest BCUT2D eigenvalue weighted by Crippen LogP contribution is 2.29. The lowest BCUT2D eigenvalue weighted by atomic mass is 10.1. The average molecular weight is 394 g/mol. The molecule has 5 nitrogen and oxygen atoms in total. The second-order valence-corrected chi connectivity index (χ2v) is 6.06. The lowest BCUT2D eigenvalue weighted by Crippen LogP contribution is -2.31. The third-order valence-corrected chi connectivity index (χ3v) is 3.99. The molecule has 0 bridgehead atoms. The van der Waals surface area contributed by atoms with Crippen molar-refractivity contribution < 1.29 is 19.0 Å². The van der Waals surface area contributed by atoms with Gasteiger partial charge in [-0.2, -0.15) is 0 Å². The molecule has 0 saturated heterocycles. The standard InChI is InChI=1S/C18H20BrNO4/c1-12(16-10-15(22-2)8-9-17(16)23-3)20-18(21)11-24-14-6-4-13(19)5-7-14/h4-10,12H,11H2,1-3H3,(H,20,21)/t12-/m0/s1. The maximum Gasteiger partial charge on any atom is 0.258 e. The monoisotopic (exact) mass is 393 g/mol. The third kappa shape index (κ3) is 4.89. The Bertz CT molecular complexity index is 688. The predicted octanol–water partition coefficient (Wildman–Crippen LogP) is 3.72. The summed E-state index contributed by atoms with van der Waals surface area (Å²) in [7, 11) is 3.19. The molecule has 0 aliphatic rings. The Kier molecular flexibility index (Phi) is 6.49. The summed E-state index contributed by atoms with van der Waals surface area (Å²) in [5.41, 5.74) is 0.842. The van der Waals surface area contributed by atoms with Crippen molar-refractivity contribution in [2.45, 2.75) is 13.0 Å². The first-order valence-electron chi connectivity index (χ1n) is 7.43. The van der Waals surface area contributed by atoms with Crippen LogP contribution in [0.1, 0.15) is 18.5 Å². The Balaban J connectivity index is 1.97. The van der Waals surface area contributed by atoms with E-state index in [1.54, 1.807) is 26.4 Å². The zero-order chi connectivity index (χ0) is 17.5. The zero-order valence-corrected chi connectivity index (χ0v) is 15.4. The number of methoxy groups -OCH3 is 2. The van der Waals surface area contributed by atoms with Gasteiger partial charge in [0, 0.05) is 10.0 Å². The molecule has 0 aromatic heterocycles. The minimum absolute atomic E-state index is 0.0573. The number of amides is 1. The van der Waals surface area contributed by atoms with Gasteiger partial charge in [-0.1, -0.05) is 15.9 Å². The van der Waals surface area contributed by atoms with Crippen LogP contribution in [0.4, 0.5) is 0 Å². The summed E-state index contributed by atoms with van der Waals surface area (Å²) in [6, 6.07) is 12.5. The number of ether oxygens (including phenoxy) is 3. The molecule has 1 amide bonds. The maximum absolute atomic E-state index is 12.1. The maximum atomic E-state index is 12.1. The van der Waals surface area contributed by atoms with Gasteiger partial charge in [0.1, 0.15) is 17.2 Å². The molecule has 0 saturated carbocycles. The lowest BCUT2D eigenvalue weighted by molar-refractivity contribution is -0.123. The van der Waals surface area contributed by atoms with E-state index < -0.39 is 0 Å². The highest BCUT2D eigenvalue weighted by atomic mass is 79.9. The fraction of sp³-hybridized carbons (Fsp3) is 0.278. The quantitative estimate of drug-likeness (QED) is 0.778. The molecule has 0 fully saturated rings. The van der Waals surface area contributed by atoms with E-state index in [-0.39, 0.29) is 18.6 Å². The van der Waals surface area contributed by atoms with Gasteiger partial charge in [0.05, 0.1) is 20.3 Å². The van der Waals surface area contributed by atoms with Gasteiger partial charge in [-0.25, -0.2) is 0 Å². The van der Waals surface area contributed by atoms with Crippen molar-refractivity contribution >= 4 is 21.8 Å². The number of carbonyl (C=O) groups is 1. The second kappa shape index (κ2) is 8.59. The molecule has 128 valence electrons. The van der Waals surface area contributed by atoms with E-state index in [1.807, 2.05) is 37.3 Å². The van der Waals surface area contributed by atoms with Crippen LogP contribution in [0.5, 0.6) is 17.2 Å². The number of carbonyl (C=O) groups excluding carboxylic acids is 1. The Hall–Kier alpha value is -2.21. The fourth-order valence-corrected chi connectivity index (χ4v) is 2.48. The van der Waals surface area contributed by atoms with Crippen LogP contribution in [-0.2, 0) is 4.79 Å². The van der Waals surface area contributed by atoms with Gasteiger partial charge in [-0.05, 0) is 49.4 Å². The minimum atomic E-state index is -0.240. The first-order chi connectivity index (χ1) is 11.5. The molecule has 0 unspecified atom stereocenters. The molecule has 0 spiro atoms. The first-order valence-corrected chi connectivity index (χ1v) is 8.22. The summed E-state index contributed by atoms with van der Waals surface area (Å²) >= 11 is 3.35. The molecule has 0 heterocycles. The predicted molar refractivity (Wildman–Crippen MR) is 95.7 cm³/mol. The van der Waals surface area contributed by atoms with Crippen LogP contribution in [0.25, 0.3) is 0 Å². The molecule has 2 aromatic carbocycles. The van der Waals surface area contributed by atoms with E-state index in [2.05, 4.69) is 21.2 Å². The average Bonchev–Trinajstić information content (AvgIpc) is 2.60. The Labute approximate surface area is 150 Å². The van der Waals surface area contributed by atoms with Crippen LogP contribution in [0.2, 0.25) is 0 Å². The highest BCUT2D eigenvalue weighted by Gasteiger charge is 2.15. The number of nitrogens with one attached hydrogen (secondary N) is 1. The van der Waals surface area contributed by atoms with Crippen molar-refractivity contribution in [3.05, 3.63) is 52.5 Å². The van der Waals surface area contributed by atoms with Crippen LogP contribution in [-0.4, -0.2) is 26.7 Å². The van der Waals surface area contributed by atoms with E-state index in [0.29, 0.717) is 17.2 Å². The topological polar surface area (TPSA) is 56.8 Å². The normalized spacial score (nSPS) is 11.5. The van der Waals surface area contributed by atoms with Crippen LogP contribution in [0.3, 0.4) is 0 Å². The highest BCUT2D eigenvalue weighted by molar-refractivity contribution is 9.10. The molecule has 6 heteroatoms. The van der Waals surface area contributed by atoms with Crippen molar-refractivity contribution in [3.63, 3.8) is 0 Å². The van der Waals surface area contributed by atoms with Crippen molar-refractivity contribution in [2.24, 2.45) is 0 Å². The van der Waals surface area contributed by atoms with E-state index in [1.165, 1.54) is 0 Å². The summed E-state index contributed by atoms with van der Waals surface area (Å²) in [5.74, 6) is 1.82. The summed E-state index contributed by atoms with van der Waals surface area (Å²) < 4.78 is 17.0. The molecular formula is C18H20BrNO4. The van der Waals surface area contributed by atoms with Crippen LogP contribution in [0.15, 0.2) is 46.9 Å². The largest absolute Gasteiger partial charge is 0.497 e. The molecule has 0 aliphatic carbocycles. The summed E-state index contributed by atoms with van der Waals surface area (Å²) in [6.45, 7) is 1.83. The molecule has 2 rings (SSSR count). The van der Waals surface area contributed by atoms with Gasteiger partial charge in [-0.15, -0.1) is 0 Å². The molecule has 0 aliphatic heterocycles. The van der Waals surface area contributed by atoms with E-state index in [4.69, 9.17) is 14.2 Å². The lowest BCUT2D eigenvalue weighted by Gasteiger charge is -2.18. The molecule has 1 atom stereocenters. The Morgan fingerprint density at radius 3 is 2.38 bits per heavy atom. The van der Waals surface area contributed by atoms with E-state index >= 15 is 0 Å². The van der Waals surface area contributed by atoms with Gasteiger partial charge in [0.25, 0.3) is 5.91 Å². The first kappa shape index (κ1) is 18.1. The van der Waals surface area contributed by atoms with E-state index in [0.717, 1.165) is 10.0 Å². The van der Waals surface area contributed by atoms with Crippen molar-refractivity contribution in [1.29, 1.82) is 0 Å². The molecular weight excluding hydrogens is 374 g/mol. The second-order valence-electron chi connectivity index (χ2n) is 5.14. The van der Waals surface area contributed by atoms with Crippen molar-refractivity contribution in [1.82, 2.24) is 5.32 Å². The van der Waals surface area contributed by atoms with Gasteiger partial charge in [0.15, 0.2) is 6.61 Å². The summed E-state index contributed by atoms with van der Waals surface area (Å²) in [6.07, 6.45) is 0. The number of rotatable bonds is 7. The summed E-state index contributed by atoms with van der Waals surface area (Å²) in [4.78, 5) is 12.1. The van der Waals surface area contributed by atoms with Gasteiger partial charge in [0.2, 0.25) is 0 Å². The van der Waals surface area contributed by atoms with Gasteiger partial charge in [-0.3, -0.25) is 4.79 Å². The van der Waals surface area contributed by atoms with E-state index in [9.17, 15) is 4.79 Å². The Morgan fingerprint density at radius 1 is 1.08 bits per heavy atom.